The standard InChI is InChI=1S/C30H31N7/c1-32-26-15-25(20-6-3-2-4-7-20)35-27-14-21(8-9-23(26)27)24-17-37(30-28(24)29(31)33-18-34-30)22-12-19(13-22)16-36-10-5-11-36/h2-4,6-9,14-15,17-19,22H,5,10-13,16H2,1H3,(H,32,35)(H2,31,33,34). The van der Waals surface area contributed by atoms with E-state index >= 15 is 0 Å². The zero-order valence-corrected chi connectivity index (χ0v) is 21.1. The molecule has 5 aromatic rings. The molecular weight excluding hydrogens is 458 g/mol. The fourth-order valence-electron chi connectivity index (χ4n) is 5.97. The minimum Gasteiger partial charge on any atom is -0.388 e. The van der Waals surface area contributed by atoms with Crippen molar-refractivity contribution >= 4 is 33.4 Å². The highest BCUT2D eigenvalue weighted by atomic mass is 15.2. The van der Waals surface area contributed by atoms with Crippen LogP contribution in [0.25, 0.3) is 44.3 Å². The van der Waals surface area contributed by atoms with Crippen molar-refractivity contribution in [1.82, 2.24) is 24.4 Å². The number of hydrogen-bond acceptors (Lipinski definition) is 6. The Morgan fingerprint density at radius 1 is 1.00 bits per heavy atom. The predicted octanol–water partition coefficient (Wildman–Crippen LogP) is 5.59. The van der Waals surface area contributed by atoms with E-state index in [0.717, 1.165) is 55.9 Å². The minimum atomic E-state index is 0.455. The summed E-state index contributed by atoms with van der Waals surface area (Å²) in [6, 6.07) is 19.3. The molecule has 37 heavy (non-hydrogen) atoms. The molecule has 7 nitrogen and oxygen atoms in total. The summed E-state index contributed by atoms with van der Waals surface area (Å²) in [5.74, 6) is 1.30. The minimum absolute atomic E-state index is 0.455. The predicted molar refractivity (Wildman–Crippen MR) is 150 cm³/mol. The van der Waals surface area contributed by atoms with Gasteiger partial charge in [0, 0.05) is 48.0 Å². The van der Waals surface area contributed by atoms with Crippen LogP contribution in [0.4, 0.5) is 11.5 Å². The fraction of sp³-hybridized carbons (Fsp3) is 0.300. The summed E-state index contributed by atoms with van der Waals surface area (Å²) in [6.07, 6.45) is 7.55. The smallest absolute Gasteiger partial charge is 0.146 e. The average molecular weight is 490 g/mol. The second-order valence-electron chi connectivity index (χ2n) is 10.5. The van der Waals surface area contributed by atoms with E-state index in [4.69, 9.17) is 10.7 Å². The van der Waals surface area contributed by atoms with Crippen LogP contribution in [0.3, 0.4) is 0 Å². The Balaban J connectivity index is 1.30. The van der Waals surface area contributed by atoms with E-state index < -0.39 is 0 Å². The molecule has 0 radical (unpaired) electrons. The Bertz CT molecular complexity index is 1600. The molecule has 7 heteroatoms. The molecule has 3 N–H and O–H groups in total. The lowest BCUT2D eigenvalue weighted by atomic mass is 9.79. The van der Waals surface area contributed by atoms with Crippen LogP contribution in [-0.4, -0.2) is 51.1 Å². The first kappa shape index (κ1) is 22.2. The Hall–Kier alpha value is -3.97. The lowest BCUT2D eigenvalue weighted by Gasteiger charge is -2.42. The van der Waals surface area contributed by atoms with E-state index in [0.29, 0.717) is 11.9 Å². The maximum atomic E-state index is 6.45. The Morgan fingerprint density at radius 3 is 2.59 bits per heavy atom. The van der Waals surface area contributed by atoms with E-state index in [1.54, 1.807) is 6.33 Å². The summed E-state index contributed by atoms with van der Waals surface area (Å²) in [4.78, 5) is 16.7. The second kappa shape index (κ2) is 8.85. The number of nitrogens with two attached hydrogens (primary N) is 1. The van der Waals surface area contributed by atoms with E-state index in [-0.39, 0.29) is 0 Å². The highest BCUT2D eigenvalue weighted by Crippen LogP contribution is 2.44. The van der Waals surface area contributed by atoms with Gasteiger partial charge >= 0.3 is 0 Å². The number of aromatic nitrogens is 4. The van der Waals surface area contributed by atoms with Gasteiger partial charge in [-0.05, 0) is 56.0 Å². The number of anilines is 2. The first-order valence-corrected chi connectivity index (χ1v) is 13.2. The third-order valence-electron chi connectivity index (χ3n) is 8.17. The molecule has 2 aliphatic rings. The van der Waals surface area contributed by atoms with E-state index in [1.165, 1.54) is 38.9 Å². The monoisotopic (exact) mass is 489 g/mol. The van der Waals surface area contributed by atoms with Crippen molar-refractivity contribution in [1.29, 1.82) is 0 Å². The van der Waals surface area contributed by atoms with Gasteiger partial charge < -0.3 is 20.5 Å². The van der Waals surface area contributed by atoms with Gasteiger partial charge in [0.1, 0.15) is 17.8 Å². The summed E-state index contributed by atoms with van der Waals surface area (Å²) >= 11 is 0. The van der Waals surface area contributed by atoms with Crippen molar-refractivity contribution in [2.24, 2.45) is 5.92 Å². The zero-order chi connectivity index (χ0) is 24.9. The summed E-state index contributed by atoms with van der Waals surface area (Å²) in [5, 5.41) is 5.37. The highest BCUT2D eigenvalue weighted by molar-refractivity contribution is 6.03. The van der Waals surface area contributed by atoms with Crippen molar-refractivity contribution in [3.05, 3.63) is 67.1 Å². The van der Waals surface area contributed by atoms with Gasteiger partial charge in [0.05, 0.1) is 16.6 Å². The topological polar surface area (TPSA) is 84.9 Å². The van der Waals surface area contributed by atoms with Gasteiger partial charge in [-0.15, -0.1) is 0 Å². The number of nitrogen functional groups attached to an aromatic ring is 1. The number of nitrogens with one attached hydrogen (secondary N) is 1. The SMILES string of the molecule is CNc1cc(-c2ccccc2)nc2cc(-c3cn(C4CC(CN5CCC5)C4)c4ncnc(N)c34)ccc12. The number of hydrogen-bond donors (Lipinski definition) is 2. The molecule has 7 rings (SSSR count). The van der Waals surface area contributed by atoms with Crippen LogP contribution in [0.15, 0.2) is 67.1 Å². The summed E-state index contributed by atoms with van der Waals surface area (Å²) in [7, 11) is 1.96. The molecule has 1 saturated heterocycles. The molecule has 3 aromatic heterocycles. The molecule has 0 bridgehead atoms. The Kier molecular flexibility index (Phi) is 5.32. The zero-order valence-electron chi connectivity index (χ0n) is 21.1. The average Bonchev–Trinajstić information content (AvgIpc) is 3.27. The second-order valence-corrected chi connectivity index (χ2v) is 10.5. The molecular formula is C30H31N7. The summed E-state index contributed by atoms with van der Waals surface area (Å²) < 4.78 is 2.34. The number of nitrogens with zero attached hydrogens (tertiary/aromatic N) is 5. The molecule has 4 heterocycles. The Labute approximate surface area is 216 Å². The van der Waals surface area contributed by atoms with Gasteiger partial charge in [0.15, 0.2) is 0 Å². The lowest BCUT2D eigenvalue weighted by molar-refractivity contribution is 0.0921. The van der Waals surface area contributed by atoms with Crippen LogP contribution in [-0.2, 0) is 0 Å². The molecule has 1 aliphatic carbocycles. The number of benzene rings is 2. The van der Waals surface area contributed by atoms with Crippen LogP contribution >= 0.6 is 0 Å². The van der Waals surface area contributed by atoms with Gasteiger partial charge in [0.25, 0.3) is 0 Å². The number of pyridine rings is 1. The van der Waals surface area contributed by atoms with Crippen LogP contribution < -0.4 is 11.1 Å². The van der Waals surface area contributed by atoms with E-state index in [9.17, 15) is 0 Å². The molecule has 0 unspecified atom stereocenters. The number of rotatable bonds is 6. The third kappa shape index (κ3) is 3.81. The first-order chi connectivity index (χ1) is 18.2. The third-order valence-corrected chi connectivity index (χ3v) is 8.17. The molecule has 1 saturated carbocycles. The van der Waals surface area contributed by atoms with Gasteiger partial charge in [-0.25, -0.2) is 15.0 Å². The normalized spacial score (nSPS) is 19.6. The molecule has 2 aromatic carbocycles. The quantitative estimate of drug-likeness (QED) is 0.323. The largest absolute Gasteiger partial charge is 0.388 e. The van der Waals surface area contributed by atoms with Crippen LogP contribution in [0.1, 0.15) is 25.3 Å². The van der Waals surface area contributed by atoms with Gasteiger partial charge in [-0.2, -0.15) is 0 Å². The molecule has 2 fully saturated rings. The molecule has 186 valence electrons. The van der Waals surface area contributed by atoms with Crippen LogP contribution in [0.2, 0.25) is 0 Å². The maximum Gasteiger partial charge on any atom is 0.146 e. The number of fused-ring (bicyclic) bond motifs is 2. The van der Waals surface area contributed by atoms with Crippen LogP contribution in [0.5, 0.6) is 0 Å². The molecule has 1 aliphatic heterocycles. The van der Waals surface area contributed by atoms with Crippen molar-refractivity contribution in [2.45, 2.75) is 25.3 Å². The fourth-order valence-corrected chi connectivity index (χ4v) is 5.97. The van der Waals surface area contributed by atoms with Gasteiger partial charge in [-0.3, -0.25) is 0 Å². The molecule has 0 spiro atoms. The summed E-state index contributed by atoms with van der Waals surface area (Å²) in [5.41, 5.74) is 13.6. The maximum absolute atomic E-state index is 6.45. The Morgan fingerprint density at radius 2 is 1.84 bits per heavy atom. The summed E-state index contributed by atoms with van der Waals surface area (Å²) in [6.45, 7) is 3.76. The van der Waals surface area contributed by atoms with Crippen LogP contribution in [0, 0.1) is 5.92 Å². The first-order valence-electron chi connectivity index (χ1n) is 13.2. The van der Waals surface area contributed by atoms with E-state index in [2.05, 4.69) is 67.3 Å². The lowest BCUT2D eigenvalue weighted by Crippen LogP contribution is -2.43. The van der Waals surface area contributed by atoms with Crippen molar-refractivity contribution in [3.8, 4) is 22.4 Å². The molecule has 0 amide bonds. The van der Waals surface area contributed by atoms with E-state index in [1.807, 2.05) is 25.2 Å². The van der Waals surface area contributed by atoms with Crippen molar-refractivity contribution in [3.63, 3.8) is 0 Å². The van der Waals surface area contributed by atoms with Gasteiger partial charge in [0.2, 0.25) is 0 Å². The van der Waals surface area contributed by atoms with Crippen molar-refractivity contribution < 1.29 is 0 Å². The van der Waals surface area contributed by atoms with Crippen molar-refractivity contribution in [2.75, 3.05) is 37.7 Å². The highest BCUT2D eigenvalue weighted by Gasteiger charge is 2.34. The molecule has 0 atom stereocenters. The van der Waals surface area contributed by atoms with Gasteiger partial charge in [-0.1, -0.05) is 42.5 Å². The number of likely N-dealkylation sites (tertiary alicyclic amines) is 1.